The van der Waals surface area contributed by atoms with Crippen molar-refractivity contribution in [2.24, 2.45) is 0 Å². The zero-order valence-corrected chi connectivity index (χ0v) is 9.14. The van der Waals surface area contributed by atoms with E-state index in [0.717, 1.165) is 18.4 Å². The molecule has 0 aromatic heterocycles. The summed E-state index contributed by atoms with van der Waals surface area (Å²) in [5, 5.41) is 10.5. The molecule has 0 fully saturated rings. The van der Waals surface area contributed by atoms with Gasteiger partial charge < -0.3 is 0 Å². The summed E-state index contributed by atoms with van der Waals surface area (Å²) < 4.78 is 0. The molecule has 0 N–H and O–H groups in total. The molecule has 0 spiro atoms. The van der Waals surface area contributed by atoms with Crippen molar-refractivity contribution >= 4 is 11.3 Å². The monoisotopic (exact) mass is 215 g/mol. The number of benzene rings is 1. The highest BCUT2D eigenvalue weighted by Gasteiger charge is 2.08. The summed E-state index contributed by atoms with van der Waals surface area (Å²) in [6.45, 7) is 2.07. The molecule has 1 aliphatic rings. The molecule has 3 nitrogen and oxygen atoms in total. The maximum absolute atomic E-state index is 10.5. The molecule has 0 heterocycles. The number of nitro groups is 1. The molecule has 1 aliphatic carbocycles. The minimum atomic E-state index is -0.371. The van der Waals surface area contributed by atoms with Gasteiger partial charge in [-0.05, 0) is 43.0 Å². The van der Waals surface area contributed by atoms with E-state index in [-0.39, 0.29) is 10.6 Å². The van der Waals surface area contributed by atoms with Crippen molar-refractivity contribution in [1.29, 1.82) is 0 Å². The maximum atomic E-state index is 10.5. The van der Waals surface area contributed by atoms with E-state index in [0.29, 0.717) is 0 Å². The molecule has 0 saturated heterocycles. The maximum Gasteiger partial charge on any atom is 0.269 e. The Morgan fingerprint density at radius 2 is 1.94 bits per heavy atom. The molecular formula is C13H13NO2. The Balaban J connectivity index is 2.28. The summed E-state index contributed by atoms with van der Waals surface area (Å²) in [6.07, 6.45) is 6.41. The summed E-state index contributed by atoms with van der Waals surface area (Å²) in [5.41, 5.74) is 3.75. The lowest BCUT2D eigenvalue weighted by Gasteiger charge is -2.11. The van der Waals surface area contributed by atoms with E-state index in [9.17, 15) is 10.1 Å². The Morgan fingerprint density at radius 1 is 1.25 bits per heavy atom. The van der Waals surface area contributed by atoms with Crippen LogP contribution in [-0.4, -0.2) is 4.92 Å². The van der Waals surface area contributed by atoms with Crippen molar-refractivity contribution in [2.45, 2.75) is 19.8 Å². The second-order valence-electron chi connectivity index (χ2n) is 3.96. The van der Waals surface area contributed by atoms with Crippen LogP contribution in [0.15, 0.2) is 42.0 Å². The molecule has 1 aromatic rings. The first-order valence-electron chi connectivity index (χ1n) is 5.29. The average molecular weight is 215 g/mol. The predicted octanol–water partition coefficient (Wildman–Crippen LogP) is 3.72. The number of non-ortho nitro benzene ring substituents is 1. The van der Waals surface area contributed by atoms with Gasteiger partial charge in [0.1, 0.15) is 0 Å². The quantitative estimate of drug-likeness (QED) is 0.557. The summed E-state index contributed by atoms with van der Waals surface area (Å²) in [7, 11) is 0. The van der Waals surface area contributed by atoms with E-state index in [1.807, 2.05) is 12.1 Å². The summed E-state index contributed by atoms with van der Waals surface area (Å²) >= 11 is 0. The average Bonchev–Trinajstić information content (AvgIpc) is 2.29. The third-order valence-electron chi connectivity index (χ3n) is 2.73. The van der Waals surface area contributed by atoms with Gasteiger partial charge in [-0.15, -0.1) is 0 Å². The minimum Gasteiger partial charge on any atom is -0.258 e. The second kappa shape index (κ2) is 4.31. The van der Waals surface area contributed by atoms with Gasteiger partial charge in [-0.25, -0.2) is 0 Å². The number of hydrogen-bond donors (Lipinski definition) is 0. The Labute approximate surface area is 94.3 Å². The summed E-state index contributed by atoms with van der Waals surface area (Å²) in [5.74, 6) is 0. The first-order valence-corrected chi connectivity index (χ1v) is 5.29. The third-order valence-corrected chi connectivity index (χ3v) is 2.73. The highest BCUT2D eigenvalue weighted by molar-refractivity contribution is 5.70. The van der Waals surface area contributed by atoms with Gasteiger partial charge >= 0.3 is 0 Å². The molecular weight excluding hydrogens is 202 g/mol. The highest BCUT2D eigenvalue weighted by Crippen LogP contribution is 2.27. The molecule has 0 aliphatic heterocycles. The van der Waals surface area contributed by atoms with Crippen LogP contribution in [0.2, 0.25) is 0 Å². The Morgan fingerprint density at radius 3 is 2.50 bits per heavy atom. The van der Waals surface area contributed by atoms with Crippen LogP contribution >= 0.6 is 0 Å². The van der Waals surface area contributed by atoms with Crippen LogP contribution in [0.25, 0.3) is 5.57 Å². The third kappa shape index (κ3) is 2.19. The first-order chi connectivity index (χ1) is 7.66. The molecule has 0 radical (unpaired) electrons. The van der Waals surface area contributed by atoms with Crippen molar-refractivity contribution < 1.29 is 4.92 Å². The fourth-order valence-electron chi connectivity index (χ4n) is 1.89. The van der Waals surface area contributed by atoms with Gasteiger partial charge in [0.2, 0.25) is 0 Å². The van der Waals surface area contributed by atoms with Crippen LogP contribution in [0.4, 0.5) is 5.69 Å². The van der Waals surface area contributed by atoms with Crippen LogP contribution in [0.5, 0.6) is 0 Å². The van der Waals surface area contributed by atoms with Crippen LogP contribution in [0, 0.1) is 10.1 Å². The number of rotatable bonds is 2. The van der Waals surface area contributed by atoms with Gasteiger partial charge in [0.25, 0.3) is 5.69 Å². The number of allylic oxidation sites excluding steroid dienone is 4. The zero-order valence-electron chi connectivity index (χ0n) is 9.14. The Hall–Kier alpha value is -1.90. The second-order valence-corrected chi connectivity index (χ2v) is 3.96. The van der Waals surface area contributed by atoms with Crippen LogP contribution in [0.1, 0.15) is 25.3 Å². The molecule has 2 rings (SSSR count). The van der Waals surface area contributed by atoms with Crippen LogP contribution in [-0.2, 0) is 0 Å². The molecule has 0 bridgehead atoms. The van der Waals surface area contributed by atoms with E-state index in [4.69, 9.17) is 0 Å². The zero-order chi connectivity index (χ0) is 11.5. The fraction of sp³-hybridized carbons (Fsp3) is 0.231. The normalized spacial score (nSPS) is 15.3. The van der Waals surface area contributed by atoms with Crippen molar-refractivity contribution in [3.05, 3.63) is 57.7 Å². The molecule has 1 aromatic carbocycles. The molecule has 82 valence electrons. The molecule has 0 amide bonds. The number of nitro benzene ring substituents is 1. The largest absolute Gasteiger partial charge is 0.269 e. The lowest BCUT2D eigenvalue weighted by atomic mass is 9.94. The van der Waals surface area contributed by atoms with Crippen LogP contribution < -0.4 is 0 Å². The van der Waals surface area contributed by atoms with Gasteiger partial charge in [-0.3, -0.25) is 10.1 Å². The molecule has 0 atom stereocenters. The Bertz CT molecular complexity index is 469. The lowest BCUT2D eigenvalue weighted by molar-refractivity contribution is -0.384. The molecule has 0 saturated carbocycles. The Kier molecular flexibility index (Phi) is 2.86. The van der Waals surface area contributed by atoms with E-state index in [1.165, 1.54) is 11.1 Å². The summed E-state index contributed by atoms with van der Waals surface area (Å²) in [4.78, 5) is 10.2. The van der Waals surface area contributed by atoms with Crippen molar-refractivity contribution in [1.82, 2.24) is 0 Å². The fourth-order valence-corrected chi connectivity index (χ4v) is 1.89. The first kappa shape index (κ1) is 10.6. The van der Waals surface area contributed by atoms with Crippen molar-refractivity contribution in [2.75, 3.05) is 0 Å². The number of hydrogen-bond acceptors (Lipinski definition) is 2. The standard InChI is InChI=1S/C13H13NO2/c1-10-3-2-4-12(9-10)11-5-7-13(8-6-11)14(15)16/h3,5-9H,2,4H2,1H3. The van der Waals surface area contributed by atoms with Gasteiger partial charge in [-0.1, -0.05) is 17.7 Å². The minimum absolute atomic E-state index is 0.146. The predicted molar refractivity (Wildman–Crippen MR) is 64.1 cm³/mol. The lowest BCUT2D eigenvalue weighted by Crippen LogP contribution is -1.92. The van der Waals surface area contributed by atoms with Gasteiger partial charge in [0, 0.05) is 12.1 Å². The van der Waals surface area contributed by atoms with Crippen molar-refractivity contribution in [3.8, 4) is 0 Å². The van der Waals surface area contributed by atoms with Gasteiger partial charge in [0.05, 0.1) is 4.92 Å². The van der Waals surface area contributed by atoms with E-state index in [2.05, 4.69) is 19.1 Å². The molecule has 16 heavy (non-hydrogen) atoms. The van der Waals surface area contributed by atoms with Crippen molar-refractivity contribution in [3.63, 3.8) is 0 Å². The van der Waals surface area contributed by atoms with Gasteiger partial charge in [0.15, 0.2) is 0 Å². The van der Waals surface area contributed by atoms with Crippen LogP contribution in [0.3, 0.4) is 0 Å². The topological polar surface area (TPSA) is 43.1 Å². The highest BCUT2D eigenvalue weighted by atomic mass is 16.6. The molecule has 0 unspecified atom stereocenters. The van der Waals surface area contributed by atoms with E-state index >= 15 is 0 Å². The van der Waals surface area contributed by atoms with Gasteiger partial charge in [-0.2, -0.15) is 0 Å². The SMILES string of the molecule is CC1=CCCC(c2ccc([N+](=O)[O-])cc2)=C1. The smallest absolute Gasteiger partial charge is 0.258 e. The molecule has 3 heteroatoms. The van der Waals surface area contributed by atoms with E-state index in [1.54, 1.807) is 12.1 Å². The number of nitrogens with zero attached hydrogens (tertiary/aromatic N) is 1. The van der Waals surface area contributed by atoms with E-state index < -0.39 is 0 Å². The summed E-state index contributed by atoms with van der Waals surface area (Å²) in [6, 6.07) is 6.76.